The molecule has 1 aromatic rings. The lowest BCUT2D eigenvalue weighted by molar-refractivity contribution is -0.177. The predicted molar refractivity (Wildman–Crippen MR) is 88.4 cm³/mol. The van der Waals surface area contributed by atoms with E-state index in [0.29, 0.717) is 43.0 Å². The lowest BCUT2D eigenvalue weighted by Gasteiger charge is -2.36. The lowest BCUT2D eigenvalue weighted by atomic mass is 10.00. The Morgan fingerprint density at radius 2 is 1.69 bits per heavy atom. The van der Waals surface area contributed by atoms with Gasteiger partial charge in [0.15, 0.2) is 0 Å². The van der Waals surface area contributed by atoms with Gasteiger partial charge in [0.25, 0.3) is 0 Å². The molecular weight excluding hydrogens is 369 g/mol. The predicted octanol–water partition coefficient (Wildman–Crippen LogP) is 2.63. The molecule has 0 aromatic heterocycles. The van der Waals surface area contributed by atoms with Crippen LogP contribution in [-0.4, -0.2) is 43.9 Å². The Hall–Kier alpha value is -1.61. The number of rotatable bonds is 2. The molecule has 5 nitrogen and oxygen atoms in total. The maximum atomic E-state index is 13.4. The third kappa shape index (κ3) is 2.72. The quantitative estimate of drug-likeness (QED) is 0.783. The summed E-state index contributed by atoms with van der Waals surface area (Å²) in [5.74, 6) is 0.0139. The van der Waals surface area contributed by atoms with Crippen LogP contribution in [0.1, 0.15) is 36.8 Å². The van der Waals surface area contributed by atoms with Gasteiger partial charge in [-0.25, -0.2) is 8.42 Å². The van der Waals surface area contributed by atoms with Gasteiger partial charge in [0.2, 0.25) is 15.9 Å². The largest absolute Gasteiger partial charge is 0.405 e. The van der Waals surface area contributed by atoms with Gasteiger partial charge in [-0.05, 0) is 48.9 Å². The molecule has 0 spiro atoms. The Kier molecular flexibility index (Phi) is 4.07. The molecule has 0 bridgehead atoms. The van der Waals surface area contributed by atoms with E-state index in [2.05, 4.69) is 0 Å². The van der Waals surface area contributed by atoms with Gasteiger partial charge in [-0.1, -0.05) is 6.42 Å². The molecular formula is C17H19F3N2O3S. The molecule has 142 valence electrons. The van der Waals surface area contributed by atoms with E-state index in [9.17, 15) is 26.4 Å². The zero-order chi connectivity index (χ0) is 18.7. The summed E-state index contributed by atoms with van der Waals surface area (Å²) in [4.78, 5) is 13.6. The maximum Gasteiger partial charge on any atom is 0.405 e. The number of hydrogen-bond donors (Lipinski definition) is 0. The van der Waals surface area contributed by atoms with Crippen LogP contribution in [0.2, 0.25) is 0 Å². The van der Waals surface area contributed by atoms with E-state index >= 15 is 0 Å². The highest BCUT2D eigenvalue weighted by Crippen LogP contribution is 2.41. The highest BCUT2D eigenvalue weighted by atomic mass is 32.2. The van der Waals surface area contributed by atoms with Crippen LogP contribution in [0.4, 0.5) is 18.9 Å². The number of halogens is 3. The first kappa shape index (κ1) is 17.8. The van der Waals surface area contributed by atoms with E-state index in [-0.39, 0.29) is 23.8 Å². The number of sulfonamides is 1. The molecule has 1 saturated heterocycles. The van der Waals surface area contributed by atoms with Gasteiger partial charge < -0.3 is 4.90 Å². The summed E-state index contributed by atoms with van der Waals surface area (Å²) in [6.45, 7) is 0.378. The number of piperidine rings is 1. The molecule has 1 amide bonds. The first-order valence-electron chi connectivity index (χ1n) is 8.74. The van der Waals surface area contributed by atoms with Crippen LogP contribution in [-0.2, 0) is 27.7 Å². The molecule has 1 fully saturated rings. The smallest absolute Gasteiger partial charge is 0.312 e. The van der Waals surface area contributed by atoms with Gasteiger partial charge in [-0.2, -0.15) is 17.5 Å². The highest BCUT2D eigenvalue weighted by molar-refractivity contribution is 7.89. The van der Waals surface area contributed by atoms with E-state index in [4.69, 9.17) is 0 Å². The van der Waals surface area contributed by atoms with Crippen molar-refractivity contribution in [1.82, 2.24) is 4.31 Å². The maximum absolute atomic E-state index is 13.4. The molecule has 26 heavy (non-hydrogen) atoms. The van der Waals surface area contributed by atoms with Gasteiger partial charge in [0.1, 0.15) is 6.04 Å². The Balaban J connectivity index is 1.76. The van der Waals surface area contributed by atoms with Crippen LogP contribution in [0, 0.1) is 0 Å². The molecule has 1 atom stereocenters. The molecule has 3 aliphatic heterocycles. The van der Waals surface area contributed by atoms with E-state index in [1.165, 1.54) is 12.1 Å². The van der Waals surface area contributed by atoms with Crippen LogP contribution in [0.3, 0.4) is 0 Å². The van der Waals surface area contributed by atoms with Crippen LogP contribution in [0.25, 0.3) is 0 Å². The summed E-state index contributed by atoms with van der Waals surface area (Å²) >= 11 is 0. The van der Waals surface area contributed by atoms with Crippen molar-refractivity contribution < 1.29 is 26.4 Å². The summed E-state index contributed by atoms with van der Waals surface area (Å²) in [6.07, 6.45) is -2.76. The second-order valence-corrected chi connectivity index (χ2v) is 8.95. The van der Waals surface area contributed by atoms with Crippen LogP contribution in [0.5, 0.6) is 0 Å². The Bertz CT molecular complexity index is 867. The van der Waals surface area contributed by atoms with Crippen molar-refractivity contribution in [1.29, 1.82) is 0 Å². The topological polar surface area (TPSA) is 57.7 Å². The van der Waals surface area contributed by atoms with Crippen LogP contribution in [0.15, 0.2) is 17.0 Å². The minimum atomic E-state index is -4.58. The lowest BCUT2D eigenvalue weighted by Crippen LogP contribution is -2.51. The summed E-state index contributed by atoms with van der Waals surface area (Å²) < 4.78 is 66.7. The number of amides is 1. The monoisotopic (exact) mass is 388 g/mol. The number of benzene rings is 1. The fourth-order valence-corrected chi connectivity index (χ4v) is 6.01. The second kappa shape index (κ2) is 5.95. The summed E-state index contributed by atoms with van der Waals surface area (Å²) in [5.41, 5.74) is 2.22. The van der Waals surface area contributed by atoms with Crippen molar-refractivity contribution >= 4 is 21.6 Å². The van der Waals surface area contributed by atoms with Gasteiger partial charge in [-0.3, -0.25) is 4.79 Å². The van der Waals surface area contributed by atoms with Gasteiger partial charge in [-0.15, -0.1) is 0 Å². The van der Waals surface area contributed by atoms with Crippen molar-refractivity contribution in [2.45, 2.75) is 55.6 Å². The Morgan fingerprint density at radius 3 is 2.38 bits per heavy atom. The number of carbonyl (C=O) groups excluding carboxylic acids is 1. The van der Waals surface area contributed by atoms with Crippen LogP contribution >= 0.6 is 0 Å². The number of aryl methyl sites for hydroxylation is 1. The molecule has 3 heterocycles. The summed E-state index contributed by atoms with van der Waals surface area (Å²) in [6, 6.07) is 0.944. The zero-order valence-electron chi connectivity index (χ0n) is 14.1. The molecule has 1 unspecified atom stereocenters. The minimum absolute atomic E-state index is 0.0139. The number of hydrogen-bond acceptors (Lipinski definition) is 3. The molecule has 0 aliphatic carbocycles. The average Bonchev–Trinajstić information content (AvgIpc) is 3.03. The molecule has 3 aliphatic rings. The third-order valence-electron chi connectivity index (χ3n) is 5.46. The van der Waals surface area contributed by atoms with E-state index in [1.54, 1.807) is 4.90 Å². The van der Waals surface area contributed by atoms with E-state index in [1.807, 2.05) is 0 Å². The van der Waals surface area contributed by atoms with E-state index in [0.717, 1.165) is 16.8 Å². The number of alkyl halides is 3. The third-order valence-corrected chi connectivity index (χ3v) is 7.35. The average molecular weight is 388 g/mol. The summed E-state index contributed by atoms with van der Waals surface area (Å²) in [7, 11) is -4.25. The second-order valence-electron chi connectivity index (χ2n) is 7.05. The van der Waals surface area contributed by atoms with Gasteiger partial charge in [0.05, 0.1) is 10.6 Å². The van der Waals surface area contributed by atoms with Crippen molar-refractivity contribution in [3.63, 3.8) is 0 Å². The Labute approximate surface area is 149 Å². The molecule has 0 saturated carbocycles. The summed E-state index contributed by atoms with van der Waals surface area (Å²) in [5, 5.41) is 0. The zero-order valence-corrected chi connectivity index (χ0v) is 14.9. The Morgan fingerprint density at radius 1 is 1.00 bits per heavy atom. The number of carbonyl (C=O) groups is 1. The number of nitrogens with zero attached hydrogens (tertiary/aromatic N) is 2. The highest BCUT2D eigenvalue weighted by Gasteiger charge is 2.49. The fourth-order valence-electron chi connectivity index (χ4n) is 4.23. The molecule has 4 rings (SSSR count). The normalized spacial score (nSPS) is 24.0. The molecule has 9 heteroatoms. The van der Waals surface area contributed by atoms with Gasteiger partial charge >= 0.3 is 6.18 Å². The number of anilines is 1. The SMILES string of the molecule is O=C1CCc2cc(S(=O)(=O)N3CCCCC3C(F)(F)F)cc3c2N1CC3. The van der Waals surface area contributed by atoms with Crippen molar-refractivity contribution in [2.75, 3.05) is 18.0 Å². The standard InChI is InChI=1S/C17H19F3N2O3S/c18-17(19,20)14-3-1-2-7-22(14)26(24,25)13-9-11-4-5-15(23)21-8-6-12(10-13)16(11)21/h9-10,14H,1-8H2. The first-order chi connectivity index (χ1) is 12.2. The fraction of sp³-hybridized carbons (Fsp3) is 0.588. The minimum Gasteiger partial charge on any atom is -0.312 e. The molecule has 1 aromatic carbocycles. The van der Waals surface area contributed by atoms with Crippen LogP contribution < -0.4 is 4.90 Å². The molecule has 0 radical (unpaired) electrons. The first-order valence-corrected chi connectivity index (χ1v) is 10.2. The van der Waals surface area contributed by atoms with Crippen molar-refractivity contribution in [3.05, 3.63) is 23.3 Å². The van der Waals surface area contributed by atoms with Gasteiger partial charge in [0, 0.05) is 19.5 Å². The van der Waals surface area contributed by atoms with Crippen molar-refractivity contribution in [3.8, 4) is 0 Å². The van der Waals surface area contributed by atoms with E-state index < -0.39 is 22.2 Å². The molecule has 0 N–H and O–H groups in total. The van der Waals surface area contributed by atoms with Crippen molar-refractivity contribution in [2.24, 2.45) is 0 Å².